The molecule has 3 nitrogen and oxygen atoms in total. The molecule has 0 unspecified atom stereocenters. The molecule has 1 aromatic carbocycles. The predicted octanol–water partition coefficient (Wildman–Crippen LogP) is 3.26. The number of furan rings is 1. The predicted molar refractivity (Wildman–Crippen MR) is 80.9 cm³/mol. The fourth-order valence-electron chi connectivity index (χ4n) is 1.88. The molecule has 19 heavy (non-hydrogen) atoms. The maximum Gasteiger partial charge on any atom is 0.117 e. The number of hydrogen-bond acceptors (Lipinski definition) is 3. The van der Waals surface area contributed by atoms with Crippen molar-refractivity contribution < 1.29 is 4.42 Å². The molecule has 0 saturated carbocycles. The molecule has 1 heterocycles. The molecule has 1 N–H and O–H groups in total. The van der Waals surface area contributed by atoms with Gasteiger partial charge in [0.05, 0.1) is 12.8 Å². The van der Waals surface area contributed by atoms with Gasteiger partial charge in [-0.05, 0) is 36.9 Å². The second-order valence-corrected chi connectivity index (χ2v) is 5.54. The molecule has 0 fully saturated rings. The SMILES string of the molecule is CN(CCNCc1ccco1)Cc1ccc(Br)cc1. The lowest BCUT2D eigenvalue weighted by atomic mass is 10.2. The summed E-state index contributed by atoms with van der Waals surface area (Å²) in [6.07, 6.45) is 1.71. The Balaban J connectivity index is 1.64. The van der Waals surface area contributed by atoms with Gasteiger partial charge in [-0.3, -0.25) is 0 Å². The number of nitrogens with zero attached hydrogens (tertiary/aromatic N) is 1. The Morgan fingerprint density at radius 3 is 2.68 bits per heavy atom. The van der Waals surface area contributed by atoms with Crippen LogP contribution in [-0.2, 0) is 13.1 Å². The van der Waals surface area contributed by atoms with E-state index in [0.717, 1.165) is 36.4 Å². The highest BCUT2D eigenvalue weighted by molar-refractivity contribution is 9.10. The van der Waals surface area contributed by atoms with Crippen molar-refractivity contribution in [2.24, 2.45) is 0 Å². The summed E-state index contributed by atoms with van der Waals surface area (Å²) in [5.74, 6) is 0.982. The molecule has 0 spiro atoms. The number of rotatable bonds is 7. The van der Waals surface area contributed by atoms with Crippen LogP contribution in [0.4, 0.5) is 0 Å². The number of hydrogen-bond donors (Lipinski definition) is 1. The van der Waals surface area contributed by atoms with Crippen molar-refractivity contribution in [1.29, 1.82) is 0 Å². The number of halogens is 1. The fourth-order valence-corrected chi connectivity index (χ4v) is 2.14. The molecule has 0 aliphatic carbocycles. The van der Waals surface area contributed by atoms with Crippen LogP contribution in [0.15, 0.2) is 51.6 Å². The van der Waals surface area contributed by atoms with Crippen LogP contribution in [0.5, 0.6) is 0 Å². The molecule has 4 heteroatoms. The Labute approximate surface area is 122 Å². The van der Waals surface area contributed by atoms with Crippen LogP contribution in [0.2, 0.25) is 0 Å². The van der Waals surface area contributed by atoms with Gasteiger partial charge in [0.25, 0.3) is 0 Å². The van der Waals surface area contributed by atoms with Crippen molar-refractivity contribution in [3.8, 4) is 0 Å². The lowest BCUT2D eigenvalue weighted by Crippen LogP contribution is -2.28. The van der Waals surface area contributed by atoms with Gasteiger partial charge in [0.2, 0.25) is 0 Å². The molecule has 0 aliphatic rings. The smallest absolute Gasteiger partial charge is 0.117 e. The van der Waals surface area contributed by atoms with Crippen molar-refractivity contribution in [2.45, 2.75) is 13.1 Å². The van der Waals surface area contributed by atoms with E-state index in [1.807, 2.05) is 12.1 Å². The number of benzene rings is 1. The Morgan fingerprint density at radius 1 is 1.21 bits per heavy atom. The summed E-state index contributed by atoms with van der Waals surface area (Å²) >= 11 is 3.45. The Kier molecular flexibility index (Phi) is 5.63. The van der Waals surface area contributed by atoms with Gasteiger partial charge < -0.3 is 14.6 Å². The average Bonchev–Trinajstić information content (AvgIpc) is 2.91. The fraction of sp³-hybridized carbons (Fsp3) is 0.333. The number of nitrogens with one attached hydrogen (secondary N) is 1. The number of likely N-dealkylation sites (N-methyl/N-ethyl adjacent to an activating group) is 1. The topological polar surface area (TPSA) is 28.4 Å². The van der Waals surface area contributed by atoms with Gasteiger partial charge >= 0.3 is 0 Å². The minimum absolute atomic E-state index is 0.791. The van der Waals surface area contributed by atoms with Crippen molar-refractivity contribution in [1.82, 2.24) is 10.2 Å². The molecule has 1 aromatic heterocycles. The Bertz CT molecular complexity index is 467. The van der Waals surface area contributed by atoms with E-state index < -0.39 is 0 Å². The van der Waals surface area contributed by atoms with E-state index in [9.17, 15) is 0 Å². The Morgan fingerprint density at radius 2 is 2.00 bits per heavy atom. The highest BCUT2D eigenvalue weighted by atomic mass is 79.9. The zero-order valence-electron chi connectivity index (χ0n) is 11.1. The third kappa shape index (κ3) is 5.19. The van der Waals surface area contributed by atoms with Crippen LogP contribution in [0.3, 0.4) is 0 Å². The molecule has 0 bridgehead atoms. The van der Waals surface area contributed by atoms with Gasteiger partial charge in [-0.1, -0.05) is 28.1 Å². The van der Waals surface area contributed by atoms with E-state index in [0.29, 0.717) is 0 Å². The molecule has 2 aromatic rings. The molecular weight excluding hydrogens is 304 g/mol. The van der Waals surface area contributed by atoms with Crippen molar-refractivity contribution >= 4 is 15.9 Å². The standard InChI is InChI=1S/C15H19BrN2O/c1-18(12-13-4-6-14(16)7-5-13)9-8-17-11-15-3-2-10-19-15/h2-7,10,17H,8-9,11-12H2,1H3. The van der Waals surface area contributed by atoms with E-state index in [-0.39, 0.29) is 0 Å². The first kappa shape index (κ1) is 14.3. The van der Waals surface area contributed by atoms with Crippen LogP contribution in [0, 0.1) is 0 Å². The van der Waals surface area contributed by atoms with Gasteiger partial charge in [-0.25, -0.2) is 0 Å². The maximum atomic E-state index is 5.27. The van der Waals surface area contributed by atoms with Crippen LogP contribution >= 0.6 is 15.9 Å². The highest BCUT2D eigenvalue weighted by Crippen LogP contribution is 2.11. The summed E-state index contributed by atoms with van der Waals surface area (Å²) in [6, 6.07) is 12.4. The zero-order chi connectivity index (χ0) is 13.5. The van der Waals surface area contributed by atoms with Crippen molar-refractivity contribution in [3.05, 3.63) is 58.5 Å². The van der Waals surface area contributed by atoms with Gasteiger partial charge in [-0.15, -0.1) is 0 Å². The lowest BCUT2D eigenvalue weighted by molar-refractivity contribution is 0.321. The minimum atomic E-state index is 0.791. The normalized spacial score (nSPS) is 11.1. The van der Waals surface area contributed by atoms with Crippen LogP contribution < -0.4 is 5.32 Å². The first-order chi connectivity index (χ1) is 9.24. The molecule has 0 saturated heterocycles. The summed E-state index contributed by atoms with van der Waals surface area (Å²) < 4.78 is 6.39. The van der Waals surface area contributed by atoms with Crippen LogP contribution in [0.1, 0.15) is 11.3 Å². The average molecular weight is 323 g/mol. The third-order valence-corrected chi connectivity index (χ3v) is 3.44. The first-order valence-corrected chi connectivity index (χ1v) is 7.19. The quantitative estimate of drug-likeness (QED) is 0.793. The maximum absolute atomic E-state index is 5.27. The highest BCUT2D eigenvalue weighted by Gasteiger charge is 2.00. The van der Waals surface area contributed by atoms with Crippen molar-refractivity contribution in [3.63, 3.8) is 0 Å². The van der Waals surface area contributed by atoms with Gasteiger partial charge in [0, 0.05) is 24.1 Å². The summed E-state index contributed by atoms with van der Waals surface area (Å²) in [6.45, 7) is 3.72. The minimum Gasteiger partial charge on any atom is -0.468 e. The molecule has 2 rings (SSSR count). The zero-order valence-corrected chi connectivity index (χ0v) is 12.7. The van der Waals surface area contributed by atoms with Gasteiger partial charge in [0.15, 0.2) is 0 Å². The molecule has 102 valence electrons. The van der Waals surface area contributed by atoms with Crippen molar-refractivity contribution in [2.75, 3.05) is 20.1 Å². The second-order valence-electron chi connectivity index (χ2n) is 4.62. The summed E-state index contributed by atoms with van der Waals surface area (Å²) in [5.41, 5.74) is 1.33. The van der Waals surface area contributed by atoms with Gasteiger partial charge in [-0.2, -0.15) is 0 Å². The summed E-state index contributed by atoms with van der Waals surface area (Å²) in [4.78, 5) is 2.30. The molecule has 0 atom stereocenters. The van der Waals surface area contributed by atoms with E-state index >= 15 is 0 Å². The van der Waals surface area contributed by atoms with Crippen LogP contribution in [0.25, 0.3) is 0 Å². The van der Waals surface area contributed by atoms with E-state index in [1.54, 1.807) is 6.26 Å². The van der Waals surface area contributed by atoms with E-state index in [2.05, 4.69) is 57.5 Å². The first-order valence-electron chi connectivity index (χ1n) is 6.40. The summed E-state index contributed by atoms with van der Waals surface area (Å²) in [7, 11) is 2.14. The largest absolute Gasteiger partial charge is 0.468 e. The monoisotopic (exact) mass is 322 g/mol. The van der Waals surface area contributed by atoms with E-state index in [4.69, 9.17) is 4.42 Å². The summed E-state index contributed by atoms with van der Waals surface area (Å²) in [5, 5.41) is 3.37. The molecule has 0 amide bonds. The lowest BCUT2D eigenvalue weighted by Gasteiger charge is -2.16. The third-order valence-electron chi connectivity index (χ3n) is 2.92. The van der Waals surface area contributed by atoms with E-state index in [1.165, 1.54) is 5.56 Å². The molecule has 0 radical (unpaired) electrons. The van der Waals surface area contributed by atoms with Gasteiger partial charge in [0.1, 0.15) is 5.76 Å². The van der Waals surface area contributed by atoms with Crippen LogP contribution in [-0.4, -0.2) is 25.0 Å². The molecular formula is C15H19BrN2O. The molecule has 0 aliphatic heterocycles. The Hall–Kier alpha value is -1.10. The second kappa shape index (κ2) is 7.48.